The summed E-state index contributed by atoms with van der Waals surface area (Å²) in [4.78, 5) is 23.8. The molecule has 0 spiro atoms. The molecular weight excluding hydrogens is 110 g/mol. The van der Waals surface area contributed by atoms with Crippen LogP contribution >= 0.6 is 0 Å². The van der Waals surface area contributed by atoms with Crippen LogP contribution in [-0.4, -0.2) is 18.8 Å². The highest BCUT2D eigenvalue weighted by molar-refractivity contribution is 5.76. The Morgan fingerprint density at radius 1 is 1.88 bits per heavy atom. The SMILES string of the molecule is CC(=O)CONC=O. The lowest BCUT2D eigenvalue weighted by Gasteiger charge is -1.93. The topological polar surface area (TPSA) is 55.4 Å². The first kappa shape index (κ1) is 7.10. The summed E-state index contributed by atoms with van der Waals surface area (Å²) in [6, 6.07) is 0. The molecule has 46 valence electrons. The van der Waals surface area contributed by atoms with Crippen molar-refractivity contribution in [2.24, 2.45) is 0 Å². The van der Waals surface area contributed by atoms with Gasteiger partial charge >= 0.3 is 0 Å². The third-order valence-electron chi connectivity index (χ3n) is 0.407. The minimum atomic E-state index is -0.126. The highest BCUT2D eigenvalue weighted by atomic mass is 16.6. The van der Waals surface area contributed by atoms with E-state index in [1.165, 1.54) is 6.92 Å². The summed E-state index contributed by atoms with van der Waals surface area (Å²) in [7, 11) is 0. The highest BCUT2D eigenvalue weighted by Crippen LogP contribution is 1.66. The molecule has 0 saturated carbocycles. The van der Waals surface area contributed by atoms with Crippen molar-refractivity contribution in [1.82, 2.24) is 5.48 Å². The fourth-order valence-corrected chi connectivity index (χ4v) is 0.177. The van der Waals surface area contributed by atoms with E-state index in [1.807, 2.05) is 5.48 Å². The Morgan fingerprint density at radius 2 is 2.50 bits per heavy atom. The third kappa shape index (κ3) is 5.10. The Hall–Kier alpha value is -0.900. The van der Waals surface area contributed by atoms with Gasteiger partial charge in [-0.3, -0.25) is 14.4 Å². The minimum absolute atomic E-state index is 0.0707. The Morgan fingerprint density at radius 3 is 2.88 bits per heavy atom. The van der Waals surface area contributed by atoms with E-state index in [9.17, 15) is 9.59 Å². The van der Waals surface area contributed by atoms with Crippen LogP contribution in [-0.2, 0) is 14.4 Å². The molecule has 0 unspecified atom stereocenters. The van der Waals surface area contributed by atoms with E-state index in [0.717, 1.165) is 0 Å². The van der Waals surface area contributed by atoms with E-state index in [1.54, 1.807) is 0 Å². The van der Waals surface area contributed by atoms with Crippen molar-refractivity contribution in [1.29, 1.82) is 0 Å². The molecule has 0 radical (unpaired) electrons. The highest BCUT2D eigenvalue weighted by Gasteiger charge is 1.88. The summed E-state index contributed by atoms with van der Waals surface area (Å²) >= 11 is 0. The number of carbonyl (C=O) groups excluding carboxylic acids is 2. The lowest BCUT2D eigenvalue weighted by molar-refractivity contribution is -0.129. The van der Waals surface area contributed by atoms with Crippen molar-refractivity contribution in [3.8, 4) is 0 Å². The summed E-state index contributed by atoms with van der Waals surface area (Å²) in [5.74, 6) is -0.126. The number of hydrogen-bond acceptors (Lipinski definition) is 3. The molecule has 4 heteroatoms. The molecule has 0 aromatic carbocycles. The van der Waals surface area contributed by atoms with Crippen LogP contribution in [0.15, 0.2) is 0 Å². The fraction of sp³-hybridized carbons (Fsp3) is 0.500. The number of carbonyl (C=O) groups is 2. The molecule has 1 N–H and O–H groups in total. The van der Waals surface area contributed by atoms with Gasteiger partial charge in [0.05, 0.1) is 0 Å². The van der Waals surface area contributed by atoms with Gasteiger partial charge in [-0.05, 0) is 6.92 Å². The molecule has 0 aromatic heterocycles. The summed E-state index contributed by atoms with van der Waals surface area (Å²) < 4.78 is 0. The number of nitrogens with one attached hydrogen (secondary N) is 1. The second-order valence-electron chi connectivity index (χ2n) is 1.23. The van der Waals surface area contributed by atoms with E-state index in [2.05, 4.69) is 4.84 Å². The van der Waals surface area contributed by atoms with E-state index in [0.29, 0.717) is 6.41 Å². The van der Waals surface area contributed by atoms with Crippen molar-refractivity contribution in [3.05, 3.63) is 0 Å². The number of ketones is 1. The second-order valence-corrected chi connectivity index (χ2v) is 1.23. The molecule has 1 amide bonds. The van der Waals surface area contributed by atoms with Gasteiger partial charge in [0, 0.05) is 0 Å². The van der Waals surface area contributed by atoms with Crippen molar-refractivity contribution in [2.75, 3.05) is 6.61 Å². The lowest BCUT2D eigenvalue weighted by Crippen LogP contribution is -2.16. The Balaban J connectivity index is 2.93. The van der Waals surface area contributed by atoms with Gasteiger partial charge in [0.2, 0.25) is 6.41 Å². The van der Waals surface area contributed by atoms with Crippen LogP contribution < -0.4 is 5.48 Å². The monoisotopic (exact) mass is 117 g/mol. The average Bonchev–Trinajstić information content (AvgIpc) is 1.66. The van der Waals surface area contributed by atoms with Crippen LogP contribution in [0.2, 0.25) is 0 Å². The van der Waals surface area contributed by atoms with Crippen molar-refractivity contribution in [2.45, 2.75) is 6.92 Å². The summed E-state index contributed by atoms with van der Waals surface area (Å²) in [6.07, 6.45) is 0.364. The first-order valence-electron chi connectivity index (χ1n) is 2.07. The van der Waals surface area contributed by atoms with Gasteiger partial charge < -0.3 is 0 Å². The number of rotatable bonds is 4. The summed E-state index contributed by atoms with van der Waals surface area (Å²) in [5.41, 5.74) is 1.88. The smallest absolute Gasteiger partial charge is 0.230 e. The lowest BCUT2D eigenvalue weighted by atomic mass is 10.5. The number of amides is 1. The van der Waals surface area contributed by atoms with Crippen LogP contribution in [0.4, 0.5) is 0 Å². The Bertz CT molecular complexity index is 91.3. The molecule has 8 heavy (non-hydrogen) atoms. The predicted molar refractivity (Wildman–Crippen MR) is 25.8 cm³/mol. The van der Waals surface area contributed by atoms with Gasteiger partial charge in [0.25, 0.3) is 0 Å². The first-order valence-corrected chi connectivity index (χ1v) is 2.07. The normalized spacial score (nSPS) is 8.12. The van der Waals surface area contributed by atoms with Crippen molar-refractivity contribution in [3.63, 3.8) is 0 Å². The molecule has 0 bridgehead atoms. The third-order valence-corrected chi connectivity index (χ3v) is 0.407. The van der Waals surface area contributed by atoms with Crippen LogP contribution in [0, 0.1) is 0 Å². The molecule has 0 aromatic rings. The molecular formula is C4H7NO3. The zero-order chi connectivity index (χ0) is 6.41. The maximum atomic E-state index is 10.0. The zero-order valence-corrected chi connectivity index (χ0v) is 4.51. The van der Waals surface area contributed by atoms with Gasteiger partial charge in [-0.2, -0.15) is 0 Å². The van der Waals surface area contributed by atoms with Gasteiger partial charge in [-0.1, -0.05) is 0 Å². The van der Waals surface area contributed by atoms with E-state index in [4.69, 9.17) is 0 Å². The maximum Gasteiger partial charge on any atom is 0.230 e. The summed E-state index contributed by atoms with van der Waals surface area (Å²) in [6.45, 7) is 1.30. The van der Waals surface area contributed by atoms with Crippen LogP contribution in [0.25, 0.3) is 0 Å². The molecule has 4 nitrogen and oxygen atoms in total. The number of hydrogen-bond donors (Lipinski definition) is 1. The van der Waals surface area contributed by atoms with E-state index >= 15 is 0 Å². The van der Waals surface area contributed by atoms with Crippen LogP contribution in [0.1, 0.15) is 6.92 Å². The van der Waals surface area contributed by atoms with E-state index < -0.39 is 0 Å². The molecule has 0 fully saturated rings. The molecule has 0 aliphatic heterocycles. The Labute approximate surface area is 46.8 Å². The summed E-state index contributed by atoms with van der Waals surface area (Å²) in [5, 5.41) is 0. The quantitative estimate of drug-likeness (QED) is 0.299. The van der Waals surface area contributed by atoms with Gasteiger partial charge in [0.15, 0.2) is 5.78 Å². The van der Waals surface area contributed by atoms with Gasteiger partial charge in [-0.15, -0.1) is 0 Å². The molecule has 0 saturated heterocycles. The molecule has 0 aliphatic carbocycles. The fourth-order valence-electron chi connectivity index (χ4n) is 0.177. The average molecular weight is 117 g/mol. The van der Waals surface area contributed by atoms with Gasteiger partial charge in [0.1, 0.15) is 6.61 Å². The molecule has 0 rings (SSSR count). The van der Waals surface area contributed by atoms with Crippen molar-refractivity contribution >= 4 is 12.2 Å². The molecule has 0 aliphatic rings. The van der Waals surface area contributed by atoms with Crippen molar-refractivity contribution < 1.29 is 14.4 Å². The zero-order valence-electron chi connectivity index (χ0n) is 4.51. The predicted octanol–water partition coefficient (Wildman–Crippen LogP) is -0.747. The van der Waals surface area contributed by atoms with Crippen LogP contribution in [0.3, 0.4) is 0 Å². The molecule has 0 atom stereocenters. The minimum Gasteiger partial charge on any atom is -0.297 e. The molecule has 0 heterocycles. The van der Waals surface area contributed by atoms with Crippen LogP contribution in [0.5, 0.6) is 0 Å². The maximum absolute atomic E-state index is 10.0. The number of Topliss-reactive ketones (excluding diaryl/α,β-unsaturated/α-hetero) is 1. The number of hydroxylamine groups is 1. The van der Waals surface area contributed by atoms with Gasteiger partial charge in [-0.25, -0.2) is 5.48 Å². The standard InChI is InChI=1S/C4H7NO3/c1-4(7)2-8-5-3-6/h3H,2H2,1H3,(H,5,6). The first-order chi connectivity index (χ1) is 3.77. The second kappa shape index (κ2) is 4.26. The Kier molecular flexibility index (Phi) is 3.78. The van der Waals surface area contributed by atoms with E-state index in [-0.39, 0.29) is 12.4 Å². The largest absolute Gasteiger partial charge is 0.297 e.